The summed E-state index contributed by atoms with van der Waals surface area (Å²) in [6.45, 7) is 4.25. The summed E-state index contributed by atoms with van der Waals surface area (Å²) < 4.78 is 1.82. The van der Waals surface area contributed by atoms with Crippen LogP contribution in [-0.4, -0.2) is 14.8 Å². The van der Waals surface area contributed by atoms with Gasteiger partial charge in [-0.2, -0.15) is 5.10 Å². The van der Waals surface area contributed by atoms with Crippen molar-refractivity contribution in [3.05, 3.63) is 42.7 Å². The number of fused-ring (bicyclic) bond motifs is 1. The molecule has 0 saturated heterocycles. The number of hydrogen-bond donors (Lipinski definition) is 1. The SMILES string of the molecule is CCC.Cn1ccc(-c2c[nH]c3ccccc23)n1. The van der Waals surface area contributed by atoms with Crippen molar-refractivity contribution < 1.29 is 0 Å². The zero-order valence-electron chi connectivity index (χ0n) is 11.1. The van der Waals surface area contributed by atoms with Gasteiger partial charge in [0, 0.05) is 35.9 Å². The lowest BCUT2D eigenvalue weighted by Gasteiger charge is -1.93. The van der Waals surface area contributed by atoms with Crippen LogP contribution < -0.4 is 0 Å². The van der Waals surface area contributed by atoms with Crippen molar-refractivity contribution in [2.45, 2.75) is 20.3 Å². The third-order valence-electron chi connectivity index (χ3n) is 2.58. The van der Waals surface area contributed by atoms with E-state index in [1.54, 1.807) is 0 Å². The van der Waals surface area contributed by atoms with Crippen molar-refractivity contribution >= 4 is 10.9 Å². The lowest BCUT2D eigenvalue weighted by molar-refractivity contribution is 0.771. The van der Waals surface area contributed by atoms with Crippen LogP contribution in [0.2, 0.25) is 0 Å². The third-order valence-corrected chi connectivity index (χ3v) is 2.58. The summed E-state index contributed by atoms with van der Waals surface area (Å²) in [5, 5.41) is 5.62. The molecule has 18 heavy (non-hydrogen) atoms. The van der Waals surface area contributed by atoms with Crippen LogP contribution in [0.4, 0.5) is 0 Å². The maximum atomic E-state index is 4.40. The fraction of sp³-hybridized carbons (Fsp3) is 0.267. The van der Waals surface area contributed by atoms with E-state index in [4.69, 9.17) is 0 Å². The Labute approximate surface area is 107 Å². The van der Waals surface area contributed by atoms with E-state index in [1.807, 2.05) is 42.3 Å². The van der Waals surface area contributed by atoms with Gasteiger partial charge in [0.15, 0.2) is 0 Å². The second-order valence-electron chi connectivity index (χ2n) is 4.33. The average Bonchev–Trinajstić information content (AvgIpc) is 2.96. The van der Waals surface area contributed by atoms with Gasteiger partial charge in [-0.1, -0.05) is 38.5 Å². The van der Waals surface area contributed by atoms with Gasteiger partial charge < -0.3 is 4.98 Å². The molecule has 94 valence electrons. The van der Waals surface area contributed by atoms with E-state index in [0.717, 1.165) is 16.8 Å². The molecular weight excluding hydrogens is 222 g/mol. The summed E-state index contributed by atoms with van der Waals surface area (Å²) in [5.74, 6) is 0. The highest BCUT2D eigenvalue weighted by atomic mass is 15.2. The maximum Gasteiger partial charge on any atom is 0.0944 e. The number of aromatic nitrogens is 3. The van der Waals surface area contributed by atoms with Crippen molar-refractivity contribution in [1.29, 1.82) is 0 Å². The molecule has 1 N–H and O–H groups in total. The standard InChI is InChI=1S/C12H11N3.C3H8/c1-15-7-6-12(14-15)10-8-13-11-5-3-2-4-9(10)11;1-3-2/h2-8,13H,1H3;3H2,1-2H3. The Balaban J connectivity index is 0.000000367. The van der Waals surface area contributed by atoms with E-state index in [2.05, 4.69) is 36.1 Å². The van der Waals surface area contributed by atoms with Crippen LogP contribution in [0.15, 0.2) is 42.7 Å². The maximum absolute atomic E-state index is 4.40. The van der Waals surface area contributed by atoms with E-state index in [-0.39, 0.29) is 0 Å². The highest BCUT2D eigenvalue weighted by molar-refractivity contribution is 5.94. The van der Waals surface area contributed by atoms with Crippen molar-refractivity contribution in [3.8, 4) is 11.3 Å². The van der Waals surface area contributed by atoms with Crippen LogP contribution in [0.5, 0.6) is 0 Å². The molecule has 1 aromatic carbocycles. The first-order valence-corrected chi connectivity index (χ1v) is 6.32. The van der Waals surface area contributed by atoms with Crippen LogP contribution in [-0.2, 0) is 7.05 Å². The smallest absolute Gasteiger partial charge is 0.0944 e. The summed E-state index contributed by atoms with van der Waals surface area (Å²) in [5.41, 5.74) is 3.32. The normalized spacial score (nSPS) is 10.2. The highest BCUT2D eigenvalue weighted by Gasteiger charge is 2.06. The molecule has 0 radical (unpaired) electrons. The van der Waals surface area contributed by atoms with Crippen LogP contribution in [0, 0.1) is 0 Å². The third kappa shape index (κ3) is 2.45. The van der Waals surface area contributed by atoms with Crippen molar-refractivity contribution in [3.63, 3.8) is 0 Å². The number of nitrogens with zero attached hydrogens (tertiary/aromatic N) is 2. The first-order chi connectivity index (χ1) is 8.76. The summed E-state index contributed by atoms with van der Waals surface area (Å²) in [4.78, 5) is 3.25. The molecule has 0 unspecified atom stereocenters. The molecule has 0 fully saturated rings. The van der Waals surface area contributed by atoms with Crippen LogP contribution in [0.1, 0.15) is 20.3 Å². The van der Waals surface area contributed by atoms with E-state index in [0.29, 0.717) is 0 Å². The van der Waals surface area contributed by atoms with E-state index in [1.165, 1.54) is 11.8 Å². The minimum atomic E-state index is 1.01. The Hall–Kier alpha value is -2.03. The average molecular weight is 241 g/mol. The first-order valence-electron chi connectivity index (χ1n) is 6.32. The Morgan fingerprint density at radius 3 is 2.56 bits per heavy atom. The lowest BCUT2D eigenvalue weighted by atomic mass is 10.1. The molecule has 0 saturated carbocycles. The van der Waals surface area contributed by atoms with Crippen molar-refractivity contribution in [2.24, 2.45) is 7.05 Å². The molecule has 0 aliphatic heterocycles. The van der Waals surface area contributed by atoms with Crippen LogP contribution >= 0.6 is 0 Å². The van der Waals surface area contributed by atoms with E-state index in [9.17, 15) is 0 Å². The predicted molar refractivity (Wildman–Crippen MR) is 76.5 cm³/mol. The quantitative estimate of drug-likeness (QED) is 0.686. The van der Waals surface area contributed by atoms with Gasteiger partial charge in [-0.15, -0.1) is 0 Å². The number of rotatable bonds is 1. The second-order valence-corrected chi connectivity index (χ2v) is 4.33. The number of H-pyrrole nitrogens is 1. The Morgan fingerprint density at radius 1 is 1.17 bits per heavy atom. The Bertz CT molecular complexity index is 619. The van der Waals surface area contributed by atoms with Crippen molar-refractivity contribution in [2.75, 3.05) is 0 Å². The van der Waals surface area contributed by atoms with Crippen LogP contribution in [0.3, 0.4) is 0 Å². The number of aryl methyl sites for hydroxylation is 1. The summed E-state index contributed by atoms with van der Waals surface area (Å²) in [6.07, 6.45) is 5.21. The topological polar surface area (TPSA) is 33.6 Å². The number of hydrogen-bond acceptors (Lipinski definition) is 1. The first kappa shape index (κ1) is 12.4. The van der Waals surface area contributed by atoms with Crippen molar-refractivity contribution in [1.82, 2.24) is 14.8 Å². The minimum absolute atomic E-state index is 1.01. The molecule has 3 rings (SSSR count). The molecule has 3 aromatic rings. The molecule has 0 aliphatic carbocycles. The zero-order chi connectivity index (χ0) is 13.0. The van der Waals surface area contributed by atoms with E-state index >= 15 is 0 Å². The molecule has 2 aromatic heterocycles. The van der Waals surface area contributed by atoms with Gasteiger partial charge in [-0.05, 0) is 12.1 Å². The molecule has 3 heteroatoms. The molecular formula is C15H19N3. The summed E-state index contributed by atoms with van der Waals surface area (Å²) in [6, 6.07) is 10.3. The summed E-state index contributed by atoms with van der Waals surface area (Å²) in [7, 11) is 1.93. The molecule has 3 nitrogen and oxygen atoms in total. The number of para-hydroxylation sites is 1. The van der Waals surface area contributed by atoms with Gasteiger partial charge in [-0.3, -0.25) is 4.68 Å². The number of aromatic amines is 1. The molecule has 0 bridgehead atoms. The van der Waals surface area contributed by atoms with Gasteiger partial charge in [0.2, 0.25) is 0 Å². The van der Waals surface area contributed by atoms with Gasteiger partial charge in [0.05, 0.1) is 5.69 Å². The van der Waals surface area contributed by atoms with Gasteiger partial charge in [0.25, 0.3) is 0 Å². The fourth-order valence-corrected chi connectivity index (χ4v) is 1.84. The van der Waals surface area contributed by atoms with Gasteiger partial charge in [0.1, 0.15) is 0 Å². The zero-order valence-corrected chi connectivity index (χ0v) is 11.1. The number of benzene rings is 1. The molecule has 0 amide bonds. The fourth-order valence-electron chi connectivity index (χ4n) is 1.84. The predicted octanol–water partition coefficient (Wildman–Crippen LogP) is 3.98. The molecule has 0 atom stereocenters. The van der Waals surface area contributed by atoms with Crippen LogP contribution in [0.25, 0.3) is 22.2 Å². The van der Waals surface area contributed by atoms with Gasteiger partial charge >= 0.3 is 0 Å². The Kier molecular flexibility index (Phi) is 3.82. The van der Waals surface area contributed by atoms with Gasteiger partial charge in [-0.25, -0.2) is 0 Å². The molecule has 2 heterocycles. The molecule has 0 spiro atoms. The monoisotopic (exact) mass is 241 g/mol. The lowest BCUT2D eigenvalue weighted by Crippen LogP contribution is -1.87. The Morgan fingerprint density at radius 2 is 1.89 bits per heavy atom. The molecule has 0 aliphatic rings. The van der Waals surface area contributed by atoms with E-state index < -0.39 is 0 Å². The summed E-state index contributed by atoms with van der Waals surface area (Å²) >= 11 is 0. The highest BCUT2D eigenvalue weighted by Crippen LogP contribution is 2.26. The largest absolute Gasteiger partial charge is 0.360 e. The minimum Gasteiger partial charge on any atom is -0.360 e. The number of nitrogens with one attached hydrogen (secondary N) is 1. The second kappa shape index (κ2) is 5.54.